The summed E-state index contributed by atoms with van der Waals surface area (Å²) in [4.78, 5) is 4.13. The van der Waals surface area contributed by atoms with Crippen LogP contribution in [0, 0.1) is 6.92 Å². The van der Waals surface area contributed by atoms with Crippen molar-refractivity contribution in [1.29, 1.82) is 0 Å². The molecule has 5 nitrogen and oxygen atoms in total. The standard InChI is InChI=1S/C14H14N4OS/c1-10-12(16-9-19-10)8-15-14-18-17-13(20-14)7-11-5-3-2-4-6-11/h2-6,9H,7-8H2,1H3,(H,15,18). The van der Waals surface area contributed by atoms with Gasteiger partial charge in [0.1, 0.15) is 16.5 Å². The fraction of sp³-hybridized carbons (Fsp3) is 0.214. The molecule has 2 aromatic heterocycles. The van der Waals surface area contributed by atoms with Gasteiger partial charge in [-0.3, -0.25) is 0 Å². The summed E-state index contributed by atoms with van der Waals surface area (Å²) in [5, 5.41) is 13.4. The second-order valence-electron chi connectivity index (χ2n) is 4.37. The van der Waals surface area contributed by atoms with Crippen LogP contribution in [0.2, 0.25) is 0 Å². The van der Waals surface area contributed by atoms with E-state index in [4.69, 9.17) is 4.42 Å². The Morgan fingerprint density at radius 3 is 2.80 bits per heavy atom. The third-order valence-corrected chi connectivity index (χ3v) is 3.80. The molecule has 0 fully saturated rings. The highest BCUT2D eigenvalue weighted by Gasteiger charge is 2.07. The number of aryl methyl sites for hydroxylation is 1. The van der Waals surface area contributed by atoms with Crippen molar-refractivity contribution in [2.75, 3.05) is 5.32 Å². The van der Waals surface area contributed by atoms with Crippen molar-refractivity contribution in [3.63, 3.8) is 0 Å². The number of oxazole rings is 1. The van der Waals surface area contributed by atoms with Crippen molar-refractivity contribution in [3.05, 3.63) is 58.8 Å². The maximum atomic E-state index is 5.15. The van der Waals surface area contributed by atoms with Crippen LogP contribution >= 0.6 is 11.3 Å². The van der Waals surface area contributed by atoms with Gasteiger partial charge in [-0.05, 0) is 12.5 Å². The Morgan fingerprint density at radius 1 is 1.20 bits per heavy atom. The zero-order chi connectivity index (χ0) is 13.8. The Hall–Kier alpha value is -2.21. The molecule has 0 amide bonds. The van der Waals surface area contributed by atoms with Crippen LogP contribution < -0.4 is 5.32 Å². The first kappa shape index (κ1) is 12.8. The van der Waals surface area contributed by atoms with E-state index in [1.807, 2.05) is 25.1 Å². The smallest absolute Gasteiger partial charge is 0.206 e. The predicted octanol–water partition coefficient (Wildman–Crippen LogP) is 3.04. The minimum atomic E-state index is 0.600. The molecule has 6 heteroatoms. The summed E-state index contributed by atoms with van der Waals surface area (Å²) in [6.07, 6.45) is 2.26. The zero-order valence-electron chi connectivity index (χ0n) is 11.0. The molecule has 0 aliphatic rings. The average molecular weight is 286 g/mol. The van der Waals surface area contributed by atoms with Gasteiger partial charge in [0.2, 0.25) is 5.13 Å². The van der Waals surface area contributed by atoms with Crippen LogP contribution in [0.3, 0.4) is 0 Å². The topological polar surface area (TPSA) is 63.8 Å². The molecule has 2 heterocycles. The number of nitrogens with zero attached hydrogens (tertiary/aromatic N) is 3. The summed E-state index contributed by atoms with van der Waals surface area (Å²) >= 11 is 1.56. The van der Waals surface area contributed by atoms with Gasteiger partial charge in [-0.1, -0.05) is 41.7 Å². The number of hydrogen-bond donors (Lipinski definition) is 1. The molecule has 1 aromatic carbocycles. The summed E-state index contributed by atoms with van der Waals surface area (Å²) in [5.74, 6) is 0.825. The van der Waals surface area contributed by atoms with E-state index in [-0.39, 0.29) is 0 Å². The average Bonchev–Trinajstić information content (AvgIpc) is 3.07. The summed E-state index contributed by atoms with van der Waals surface area (Å²) in [5.41, 5.74) is 2.13. The molecule has 0 unspecified atom stereocenters. The van der Waals surface area contributed by atoms with Gasteiger partial charge in [-0.15, -0.1) is 10.2 Å². The highest BCUT2D eigenvalue weighted by atomic mass is 32.1. The minimum absolute atomic E-state index is 0.600. The number of nitrogens with one attached hydrogen (secondary N) is 1. The third kappa shape index (κ3) is 3.03. The van der Waals surface area contributed by atoms with Crippen LogP contribution in [0.15, 0.2) is 41.1 Å². The lowest BCUT2D eigenvalue weighted by Crippen LogP contribution is -2.00. The van der Waals surface area contributed by atoms with Crippen LogP contribution in [0.5, 0.6) is 0 Å². The molecule has 0 saturated carbocycles. The van der Waals surface area contributed by atoms with E-state index < -0.39 is 0 Å². The Labute approximate surface area is 120 Å². The first-order valence-electron chi connectivity index (χ1n) is 6.30. The highest BCUT2D eigenvalue weighted by molar-refractivity contribution is 7.15. The summed E-state index contributed by atoms with van der Waals surface area (Å²) in [6, 6.07) is 10.3. The maximum Gasteiger partial charge on any atom is 0.206 e. The first-order chi connectivity index (χ1) is 9.81. The fourth-order valence-electron chi connectivity index (χ4n) is 1.82. The van der Waals surface area contributed by atoms with E-state index in [2.05, 4.69) is 32.6 Å². The quantitative estimate of drug-likeness (QED) is 0.781. The van der Waals surface area contributed by atoms with Crippen molar-refractivity contribution in [3.8, 4) is 0 Å². The number of benzene rings is 1. The predicted molar refractivity (Wildman–Crippen MR) is 77.7 cm³/mol. The molecule has 20 heavy (non-hydrogen) atoms. The lowest BCUT2D eigenvalue weighted by Gasteiger charge is -1.98. The van der Waals surface area contributed by atoms with E-state index in [1.165, 1.54) is 12.0 Å². The summed E-state index contributed by atoms with van der Waals surface area (Å²) in [6.45, 7) is 2.49. The molecular weight excluding hydrogens is 272 g/mol. The van der Waals surface area contributed by atoms with Gasteiger partial charge in [-0.25, -0.2) is 4.98 Å². The molecule has 0 saturated heterocycles. The largest absolute Gasteiger partial charge is 0.448 e. The van der Waals surface area contributed by atoms with Gasteiger partial charge in [0.05, 0.1) is 6.54 Å². The molecule has 102 valence electrons. The molecule has 0 radical (unpaired) electrons. The highest BCUT2D eigenvalue weighted by Crippen LogP contribution is 2.19. The molecular formula is C14H14N4OS. The van der Waals surface area contributed by atoms with Crippen LogP contribution in [0.1, 0.15) is 22.0 Å². The fourth-order valence-corrected chi connectivity index (χ4v) is 2.59. The zero-order valence-corrected chi connectivity index (χ0v) is 11.9. The Kier molecular flexibility index (Phi) is 3.73. The van der Waals surface area contributed by atoms with Crippen LogP contribution in [-0.2, 0) is 13.0 Å². The van der Waals surface area contributed by atoms with Gasteiger partial charge < -0.3 is 9.73 Å². The van der Waals surface area contributed by atoms with Gasteiger partial charge in [0.25, 0.3) is 0 Å². The van der Waals surface area contributed by atoms with E-state index in [9.17, 15) is 0 Å². The van der Waals surface area contributed by atoms with Gasteiger partial charge in [0.15, 0.2) is 6.39 Å². The molecule has 0 spiro atoms. The lowest BCUT2D eigenvalue weighted by molar-refractivity contribution is 0.524. The van der Waals surface area contributed by atoms with E-state index in [0.717, 1.165) is 28.0 Å². The number of hydrogen-bond acceptors (Lipinski definition) is 6. The van der Waals surface area contributed by atoms with E-state index in [1.54, 1.807) is 11.3 Å². The van der Waals surface area contributed by atoms with Crippen LogP contribution in [0.25, 0.3) is 0 Å². The van der Waals surface area contributed by atoms with Crippen LogP contribution in [0.4, 0.5) is 5.13 Å². The SMILES string of the molecule is Cc1ocnc1CNc1nnc(Cc2ccccc2)s1. The van der Waals surface area contributed by atoms with Crippen molar-refractivity contribution in [2.45, 2.75) is 19.9 Å². The van der Waals surface area contributed by atoms with Gasteiger partial charge in [0, 0.05) is 6.42 Å². The molecule has 0 aliphatic heterocycles. The molecule has 3 rings (SSSR count). The Morgan fingerprint density at radius 2 is 2.05 bits per heavy atom. The first-order valence-corrected chi connectivity index (χ1v) is 7.12. The Bertz CT molecular complexity index is 677. The second-order valence-corrected chi connectivity index (χ2v) is 5.43. The van der Waals surface area contributed by atoms with Crippen molar-refractivity contribution in [1.82, 2.24) is 15.2 Å². The van der Waals surface area contributed by atoms with Crippen molar-refractivity contribution in [2.24, 2.45) is 0 Å². The number of rotatable bonds is 5. The summed E-state index contributed by atoms with van der Waals surface area (Å²) < 4.78 is 5.15. The molecule has 0 atom stereocenters. The van der Waals surface area contributed by atoms with Crippen molar-refractivity contribution >= 4 is 16.5 Å². The lowest BCUT2D eigenvalue weighted by atomic mass is 10.2. The molecule has 0 aliphatic carbocycles. The summed E-state index contributed by atoms with van der Waals surface area (Å²) in [7, 11) is 0. The second kappa shape index (κ2) is 5.83. The molecule has 3 aromatic rings. The Balaban J connectivity index is 1.61. The van der Waals surface area contributed by atoms with Gasteiger partial charge in [-0.2, -0.15) is 0 Å². The molecule has 0 bridgehead atoms. The maximum absolute atomic E-state index is 5.15. The van der Waals surface area contributed by atoms with E-state index >= 15 is 0 Å². The normalized spacial score (nSPS) is 10.7. The van der Waals surface area contributed by atoms with E-state index in [0.29, 0.717) is 6.54 Å². The van der Waals surface area contributed by atoms with Crippen LogP contribution in [-0.4, -0.2) is 15.2 Å². The minimum Gasteiger partial charge on any atom is -0.448 e. The monoisotopic (exact) mass is 286 g/mol. The van der Waals surface area contributed by atoms with Crippen molar-refractivity contribution < 1.29 is 4.42 Å². The molecule has 1 N–H and O–H groups in total. The van der Waals surface area contributed by atoms with Gasteiger partial charge >= 0.3 is 0 Å². The number of anilines is 1. The third-order valence-electron chi connectivity index (χ3n) is 2.92. The number of aromatic nitrogens is 3.